The smallest absolute Gasteiger partial charge is 0.191 e. The largest absolute Gasteiger partial charge is 0.292 e. The number of aromatic nitrogens is 1. The molecule has 0 unspecified atom stereocenters. The second-order valence-electron chi connectivity index (χ2n) is 2.36. The van der Waals surface area contributed by atoms with Crippen molar-refractivity contribution in [2.24, 2.45) is 0 Å². The summed E-state index contributed by atoms with van der Waals surface area (Å²) in [7, 11) is 0. The summed E-state index contributed by atoms with van der Waals surface area (Å²) in [5.41, 5.74) is 1.01. The lowest BCUT2D eigenvalue weighted by atomic mass is 10.3. The van der Waals surface area contributed by atoms with Gasteiger partial charge in [-0.2, -0.15) is 0 Å². The Hall–Kier alpha value is -0.220. The van der Waals surface area contributed by atoms with Gasteiger partial charge in [-0.15, -0.1) is 11.3 Å². The first-order chi connectivity index (χ1) is 5.77. The van der Waals surface area contributed by atoms with Crippen molar-refractivity contribution < 1.29 is 4.79 Å². The summed E-state index contributed by atoms with van der Waals surface area (Å²) in [5, 5.41) is 3.49. The average Bonchev–Trinajstić information content (AvgIpc) is 2.52. The minimum Gasteiger partial charge on any atom is -0.292 e. The zero-order valence-electron chi connectivity index (χ0n) is 6.84. The number of aryl methyl sites for hydroxylation is 1. The van der Waals surface area contributed by atoms with Gasteiger partial charge in [0.05, 0.1) is 5.69 Å². The van der Waals surface area contributed by atoms with Gasteiger partial charge in [-0.05, 0) is 0 Å². The zero-order chi connectivity index (χ0) is 8.97. The molecule has 1 aromatic rings. The maximum atomic E-state index is 11.2. The van der Waals surface area contributed by atoms with Crippen LogP contribution in [0.25, 0.3) is 0 Å². The molecule has 0 N–H and O–H groups in total. The summed E-state index contributed by atoms with van der Waals surface area (Å²) in [4.78, 5) is 15.4. The third-order valence-electron chi connectivity index (χ3n) is 1.46. The van der Waals surface area contributed by atoms with E-state index in [1.807, 2.05) is 12.3 Å². The lowest BCUT2D eigenvalue weighted by Crippen LogP contribution is -1.96. The van der Waals surface area contributed by atoms with Crippen molar-refractivity contribution in [3.8, 4) is 0 Å². The highest BCUT2D eigenvalue weighted by Crippen LogP contribution is 2.12. The third kappa shape index (κ3) is 2.38. The number of ketones is 1. The van der Waals surface area contributed by atoms with Crippen molar-refractivity contribution >= 4 is 33.0 Å². The zero-order valence-corrected chi connectivity index (χ0v) is 9.24. The van der Waals surface area contributed by atoms with E-state index in [-0.39, 0.29) is 5.78 Å². The predicted octanol–water partition coefficient (Wildman–Crippen LogP) is 2.67. The van der Waals surface area contributed by atoms with E-state index in [1.165, 1.54) is 11.3 Å². The van der Waals surface area contributed by atoms with Gasteiger partial charge < -0.3 is 0 Å². The van der Waals surface area contributed by atoms with Crippen LogP contribution in [0.3, 0.4) is 0 Å². The Balaban J connectivity index is 2.70. The maximum Gasteiger partial charge on any atom is 0.191 e. The molecule has 0 amide bonds. The normalized spacial score (nSPS) is 10.2. The van der Waals surface area contributed by atoms with Crippen LogP contribution < -0.4 is 0 Å². The van der Waals surface area contributed by atoms with Gasteiger partial charge in [0, 0.05) is 23.6 Å². The number of carbonyl (C=O) groups is 1. The van der Waals surface area contributed by atoms with Crippen molar-refractivity contribution in [1.29, 1.82) is 0 Å². The highest BCUT2D eigenvalue weighted by atomic mass is 79.9. The minimum atomic E-state index is 0.140. The van der Waals surface area contributed by atoms with Crippen LogP contribution in [0.2, 0.25) is 0 Å². The molecule has 1 heterocycles. The second kappa shape index (κ2) is 4.72. The number of carbonyl (C=O) groups excluding carboxylic acids is 1. The van der Waals surface area contributed by atoms with Crippen LogP contribution in [0.15, 0.2) is 5.38 Å². The van der Waals surface area contributed by atoms with Gasteiger partial charge in [0.1, 0.15) is 0 Å². The Bertz CT molecular complexity index is 272. The molecule has 2 nitrogen and oxygen atoms in total. The summed E-state index contributed by atoms with van der Waals surface area (Å²) in [5.74, 6) is 0.140. The highest BCUT2D eigenvalue weighted by molar-refractivity contribution is 9.09. The fourth-order valence-electron chi connectivity index (χ4n) is 0.798. The Kier molecular flexibility index (Phi) is 3.88. The van der Waals surface area contributed by atoms with Crippen molar-refractivity contribution in [2.75, 3.05) is 5.33 Å². The average molecular weight is 248 g/mol. The van der Waals surface area contributed by atoms with Crippen molar-refractivity contribution in [1.82, 2.24) is 4.98 Å². The topological polar surface area (TPSA) is 30.0 Å². The Morgan fingerprint density at radius 1 is 1.75 bits per heavy atom. The Morgan fingerprint density at radius 2 is 2.50 bits per heavy atom. The van der Waals surface area contributed by atoms with Crippen LogP contribution in [0.5, 0.6) is 0 Å². The van der Waals surface area contributed by atoms with Crippen LogP contribution in [0.1, 0.15) is 28.8 Å². The van der Waals surface area contributed by atoms with Crippen LogP contribution in [-0.2, 0) is 6.42 Å². The van der Waals surface area contributed by atoms with Crippen LogP contribution in [0, 0.1) is 0 Å². The molecule has 1 rings (SSSR count). The molecule has 12 heavy (non-hydrogen) atoms. The fourth-order valence-corrected chi connectivity index (χ4v) is 2.07. The first-order valence-electron chi connectivity index (χ1n) is 3.81. The van der Waals surface area contributed by atoms with Crippen LogP contribution >= 0.6 is 27.3 Å². The van der Waals surface area contributed by atoms with E-state index in [0.717, 1.165) is 17.4 Å². The molecule has 0 aliphatic carbocycles. The molecule has 0 radical (unpaired) electrons. The molecule has 0 saturated carbocycles. The predicted molar refractivity (Wildman–Crippen MR) is 54.2 cm³/mol. The summed E-state index contributed by atoms with van der Waals surface area (Å²) in [6.07, 6.45) is 1.44. The number of thiazole rings is 1. The molecule has 0 fully saturated rings. The highest BCUT2D eigenvalue weighted by Gasteiger charge is 2.07. The monoisotopic (exact) mass is 247 g/mol. The first kappa shape index (κ1) is 9.86. The molecule has 0 aliphatic rings. The lowest BCUT2D eigenvalue weighted by molar-refractivity contribution is 0.0987. The fraction of sp³-hybridized carbons (Fsp3) is 0.500. The molecule has 0 bridgehead atoms. The van der Waals surface area contributed by atoms with Gasteiger partial charge in [0.2, 0.25) is 0 Å². The van der Waals surface area contributed by atoms with E-state index in [4.69, 9.17) is 0 Å². The summed E-state index contributed by atoms with van der Waals surface area (Å²) in [6, 6.07) is 0. The van der Waals surface area contributed by atoms with E-state index in [9.17, 15) is 4.79 Å². The number of rotatable bonds is 4. The van der Waals surface area contributed by atoms with Gasteiger partial charge in [-0.1, -0.05) is 22.9 Å². The van der Waals surface area contributed by atoms with Crippen molar-refractivity contribution in [3.05, 3.63) is 16.1 Å². The molecular formula is C8H10BrNOS. The molecule has 0 atom stereocenters. The molecular weight excluding hydrogens is 238 g/mol. The number of hydrogen-bond donors (Lipinski definition) is 0. The molecule has 0 saturated heterocycles. The van der Waals surface area contributed by atoms with E-state index >= 15 is 0 Å². The molecule has 1 aromatic heterocycles. The standard InChI is InChI=1S/C8H10BrNOS/c1-2-7(11)8-10-6(3-4-9)5-12-8/h5H,2-4H2,1H3. The number of halogens is 1. The van der Waals surface area contributed by atoms with Gasteiger partial charge in [-0.25, -0.2) is 4.98 Å². The second-order valence-corrected chi connectivity index (χ2v) is 4.01. The molecule has 66 valence electrons. The summed E-state index contributed by atoms with van der Waals surface area (Å²) < 4.78 is 0. The van der Waals surface area contributed by atoms with Gasteiger partial charge >= 0.3 is 0 Å². The Labute approximate surface area is 84.1 Å². The SMILES string of the molecule is CCC(=O)c1nc(CCBr)cs1. The molecule has 0 spiro atoms. The number of hydrogen-bond acceptors (Lipinski definition) is 3. The van der Waals surface area contributed by atoms with Gasteiger partial charge in [0.25, 0.3) is 0 Å². The Morgan fingerprint density at radius 3 is 3.08 bits per heavy atom. The number of alkyl halides is 1. The summed E-state index contributed by atoms with van der Waals surface area (Å²) >= 11 is 4.77. The quantitative estimate of drug-likeness (QED) is 0.605. The van der Waals surface area contributed by atoms with E-state index < -0.39 is 0 Å². The van der Waals surface area contributed by atoms with Gasteiger partial charge in [0.15, 0.2) is 10.8 Å². The van der Waals surface area contributed by atoms with Crippen LogP contribution in [-0.4, -0.2) is 16.1 Å². The molecule has 4 heteroatoms. The van der Waals surface area contributed by atoms with E-state index in [1.54, 1.807) is 0 Å². The van der Waals surface area contributed by atoms with E-state index in [2.05, 4.69) is 20.9 Å². The van der Waals surface area contributed by atoms with Crippen molar-refractivity contribution in [3.63, 3.8) is 0 Å². The molecule has 0 aromatic carbocycles. The maximum absolute atomic E-state index is 11.2. The first-order valence-corrected chi connectivity index (χ1v) is 5.81. The third-order valence-corrected chi connectivity index (χ3v) is 2.79. The van der Waals surface area contributed by atoms with Crippen molar-refractivity contribution in [2.45, 2.75) is 19.8 Å². The number of nitrogens with zero attached hydrogens (tertiary/aromatic N) is 1. The molecule has 0 aliphatic heterocycles. The lowest BCUT2D eigenvalue weighted by Gasteiger charge is -1.88. The van der Waals surface area contributed by atoms with Crippen LogP contribution in [0.4, 0.5) is 0 Å². The minimum absolute atomic E-state index is 0.140. The van der Waals surface area contributed by atoms with Gasteiger partial charge in [-0.3, -0.25) is 4.79 Å². The van der Waals surface area contributed by atoms with E-state index in [0.29, 0.717) is 11.4 Å². The number of Topliss-reactive ketones (excluding diaryl/α,β-unsaturated/α-hetero) is 1. The summed E-state index contributed by atoms with van der Waals surface area (Å²) in [6.45, 7) is 1.86.